The molecule has 74 heavy (non-hydrogen) atoms. The van der Waals surface area contributed by atoms with Gasteiger partial charge < -0.3 is 48.9 Å². The number of hydrogen-bond acceptors (Lipinski definition) is 10. The molecule has 6 aliphatic rings. The molecule has 2 saturated heterocycles. The summed E-state index contributed by atoms with van der Waals surface area (Å²) in [6, 6.07) is 21.9. The van der Waals surface area contributed by atoms with Crippen LogP contribution in [0.5, 0.6) is 34.5 Å². The van der Waals surface area contributed by atoms with Crippen molar-refractivity contribution in [1.29, 1.82) is 0 Å². The van der Waals surface area contributed by atoms with Crippen molar-refractivity contribution >= 4 is 24.0 Å². The van der Waals surface area contributed by atoms with Crippen LogP contribution in [-0.2, 0) is 0 Å². The highest BCUT2D eigenvalue weighted by molar-refractivity contribution is 5.96. The first kappa shape index (κ1) is 54.2. The smallest absolute Gasteiger partial charge is 0.254 e. The van der Waals surface area contributed by atoms with E-state index in [1.807, 2.05) is 58.0 Å². The van der Waals surface area contributed by atoms with E-state index in [0.717, 1.165) is 41.2 Å². The van der Waals surface area contributed by atoms with Crippen LogP contribution in [-0.4, -0.2) is 98.8 Å². The Morgan fingerprint density at radius 3 is 1.86 bits per heavy atom. The molecule has 2 aliphatic carbocycles. The lowest BCUT2D eigenvalue weighted by atomic mass is 9.85. The van der Waals surface area contributed by atoms with Gasteiger partial charge in [0.25, 0.3) is 11.8 Å². The summed E-state index contributed by atoms with van der Waals surface area (Å²) in [4.78, 5) is 30.4. The number of halogens is 2. The lowest BCUT2D eigenvalue weighted by Crippen LogP contribution is -2.43. The highest BCUT2D eigenvalue weighted by Crippen LogP contribution is 2.48. The lowest BCUT2D eigenvalue weighted by molar-refractivity contribution is -0.0445. The monoisotopic (exact) mass is 1020 g/mol. The molecular formula is C60H76F2N4O8. The summed E-state index contributed by atoms with van der Waals surface area (Å²) in [5.41, 5.74) is 4.20. The third-order valence-corrected chi connectivity index (χ3v) is 14.7. The molecule has 0 aromatic heterocycles. The van der Waals surface area contributed by atoms with Gasteiger partial charge in [-0.3, -0.25) is 9.59 Å². The number of amides is 2. The zero-order valence-corrected chi connectivity index (χ0v) is 44.8. The second-order valence-electron chi connectivity index (χ2n) is 21.8. The first-order chi connectivity index (χ1) is 35.4. The molecule has 4 aliphatic heterocycles. The quantitative estimate of drug-likeness (QED) is 0.142. The van der Waals surface area contributed by atoms with Crippen molar-refractivity contribution in [2.45, 2.75) is 135 Å². The van der Waals surface area contributed by atoms with Crippen LogP contribution < -0.4 is 39.1 Å². The molecule has 398 valence electrons. The Labute approximate surface area is 436 Å². The predicted molar refractivity (Wildman–Crippen MR) is 285 cm³/mol. The number of nitrogens with one attached hydrogen (secondary N) is 2. The summed E-state index contributed by atoms with van der Waals surface area (Å²) in [5.74, 6) is 1.43. The Bertz CT molecular complexity index is 2660. The van der Waals surface area contributed by atoms with E-state index in [2.05, 4.69) is 16.7 Å². The average molecular weight is 1020 g/mol. The molecule has 4 aromatic carbocycles. The van der Waals surface area contributed by atoms with Gasteiger partial charge >= 0.3 is 0 Å². The lowest BCUT2D eigenvalue weighted by Gasteiger charge is -2.27. The molecule has 0 unspecified atom stereocenters. The predicted octanol–water partition coefficient (Wildman–Crippen LogP) is 11.9. The molecule has 0 radical (unpaired) electrons. The third kappa shape index (κ3) is 13.6. The molecule has 0 spiro atoms. The Morgan fingerprint density at radius 1 is 0.689 bits per heavy atom. The van der Waals surface area contributed by atoms with Crippen LogP contribution >= 0.6 is 0 Å². The van der Waals surface area contributed by atoms with E-state index in [9.17, 15) is 18.4 Å². The van der Waals surface area contributed by atoms with Crippen LogP contribution in [0.15, 0.2) is 83.9 Å². The standard InChI is InChI=1S/C30H36F2N2O4.C22H25NO4.C8H15N/c1-18(11-19-9-10-22(31)15-24(19)32)16-34(17-23-12-20-7-5-6-8-25(20)33-23)29(35)21-13-26(36-4)28-27(14-21)37-30(2,3)38-28;1-15(11-16-9-7-6-8-10-16)14-23(4)21(24)17-12-18(25-5)20-19(13-17)26-22(2,3)27-20;1-2-4-8-7(3-1)5-6-9-8/h9-11,13-15,20,23,25,33H,5-8,12,16-17H2,1-4H3;6-13H,14H2,1-5H3;7-9H,1-6H2/b18-11+;15-11+;/t20-,23+,25-;;7-,8-/m0.0/s1. The van der Waals surface area contributed by atoms with Gasteiger partial charge in [0.1, 0.15) is 11.6 Å². The average Bonchev–Trinajstić information content (AvgIpc) is 4.16. The molecule has 2 amide bonds. The fourth-order valence-corrected chi connectivity index (χ4v) is 11.4. The van der Waals surface area contributed by atoms with Crippen LogP contribution in [0.2, 0.25) is 0 Å². The van der Waals surface area contributed by atoms with Gasteiger partial charge in [0.2, 0.25) is 23.1 Å². The number of methoxy groups -OCH3 is 2. The minimum Gasteiger partial charge on any atom is -0.493 e. The number of ether oxygens (including phenoxy) is 6. The number of carbonyl (C=O) groups is 2. The van der Waals surface area contributed by atoms with Crippen molar-refractivity contribution in [2.75, 3.05) is 47.4 Å². The minimum absolute atomic E-state index is 0.106. The first-order valence-electron chi connectivity index (χ1n) is 26.5. The van der Waals surface area contributed by atoms with Crippen LogP contribution in [0, 0.1) is 23.5 Å². The SMILES string of the molecule is C1CC[C@@H]2NCC[C@@H]2C1.COc1cc(C(=O)N(C)C/C(C)=C/c2ccccc2)cc2c1OC(C)(C)O2.COc1cc(C(=O)N(C/C(C)=C/c2ccc(F)cc2F)C[C@H]2C[C@@H]3CCCC[C@@H]3N2)cc2c1OC(C)(C)O2. The van der Waals surface area contributed by atoms with E-state index in [0.29, 0.717) is 77.2 Å². The number of fused-ring (bicyclic) bond motifs is 4. The summed E-state index contributed by atoms with van der Waals surface area (Å²) in [7, 11) is 4.87. The van der Waals surface area contributed by atoms with Crippen molar-refractivity contribution in [3.63, 3.8) is 0 Å². The zero-order chi connectivity index (χ0) is 52.7. The van der Waals surface area contributed by atoms with Crippen molar-refractivity contribution in [3.05, 3.63) is 118 Å². The third-order valence-electron chi connectivity index (χ3n) is 14.7. The Hall–Kier alpha value is -6.12. The number of benzene rings is 4. The van der Waals surface area contributed by atoms with Crippen LogP contribution in [0.3, 0.4) is 0 Å². The second kappa shape index (κ2) is 23.6. The van der Waals surface area contributed by atoms with E-state index >= 15 is 0 Å². The highest BCUT2D eigenvalue weighted by atomic mass is 19.1. The Kier molecular flexibility index (Phi) is 17.3. The number of carbonyl (C=O) groups excluding carboxylic acids is 2. The fraction of sp³-hybridized carbons (Fsp3) is 0.500. The second-order valence-corrected chi connectivity index (χ2v) is 21.8. The van der Waals surface area contributed by atoms with E-state index in [-0.39, 0.29) is 23.4 Å². The van der Waals surface area contributed by atoms with Gasteiger partial charge in [-0.15, -0.1) is 0 Å². The number of rotatable bonds is 12. The van der Waals surface area contributed by atoms with Crippen LogP contribution in [0.25, 0.3) is 12.2 Å². The maximum Gasteiger partial charge on any atom is 0.254 e. The summed E-state index contributed by atoms with van der Waals surface area (Å²) in [5, 5.41) is 7.32. The van der Waals surface area contributed by atoms with Crippen molar-refractivity contribution in [2.24, 2.45) is 11.8 Å². The van der Waals surface area contributed by atoms with Crippen molar-refractivity contribution in [3.8, 4) is 34.5 Å². The molecule has 2 saturated carbocycles. The summed E-state index contributed by atoms with van der Waals surface area (Å²) in [6.07, 6.45) is 17.0. The van der Waals surface area contributed by atoms with E-state index in [1.54, 1.807) is 68.1 Å². The zero-order valence-electron chi connectivity index (χ0n) is 44.8. The molecule has 0 bridgehead atoms. The number of hydrogen-bond donors (Lipinski definition) is 2. The first-order valence-corrected chi connectivity index (χ1v) is 26.5. The topological polar surface area (TPSA) is 120 Å². The Balaban J connectivity index is 0.000000174. The molecule has 10 rings (SSSR count). The maximum atomic E-state index is 14.3. The number of nitrogens with zero attached hydrogens (tertiary/aromatic N) is 2. The van der Waals surface area contributed by atoms with E-state index in [1.165, 1.54) is 83.6 Å². The minimum atomic E-state index is -0.862. The molecule has 4 fully saturated rings. The largest absolute Gasteiger partial charge is 0.493 e. The molecule has 4 aromatic rings. The van der Waals surface area contributed by atoms with Gasteiger partial charge in [0.15, 0.2) is 23.0 Å². The normalized spacial score (nSPS) is 22.8. The summed E-state index contributed by atoms with van der Waals surface area (Å²) in [6.45, 7) is 13.7. The molecule has 14 heteroatoms. The molecule has 2 N–H and O–H groups in total. The van der Waals surface area contributed by atoms with Crippen molar-refractivity contribution in [1.82, 2.24) is 20.4 Å². The van der Waals surface area contributed by atoms with Gasteiger partial charge in [-0.2, -0.15) is 0 Å². The van der Waals surface area contributed by atoms with Gasteiger partial charge in [0.05, 0.1) is 14.2 Å². The van der Waals surface area contributed by atoms with Crippen molar-refractivity contribution < 1.29 is 46.8 Å². The van der Waals surface area contributed by atoms with Gasteiger partial charge in [-0.25, -0.2) is 8.78 Å². The maximum absolute atomic E-state index is 14.3. The highest BCUT2D eigenvalue weighted by Gasteiger charge is 2.39. The Morgan fingerprint density at radius 2 is 1.27 bits per heavy atom. The van der Waals surface area contributed by atoms with Crippen LogP contribution in [0.1, 0.15) is 138 Å². The van der Waals surface area contributed by atoms with Gasteiger partial charge in [0, 0.05) is 95.3 Å². The van der Waals surface area contributed by atoms with Gasteiger partial charge in [-0.05, 0) is 113 Å². The molecule has 5 atom stereocenters. The van der Waals surface area contributed by atoms with Gasteiger partial charge in [-0.1, -0.05) is 79.3 Å². The van der Waals surface area contributed by atoms with E-state index in [4.69, 9.17) is 28.4 Å². The number of likely N-dealkylation sites (N-methyl/N-ethyl adjacent to an activating group) is 1. The molecular weight excluding hydrogens is 943 g/mol. The molecule has 4 heterocycles. The molecule has 12 nitrogen and oxygen atoms in total. The summed E-state index contributed by atoms with van der Waals surface area (Å²) >= 11 is 0. The summed E-state index contributed by atoms with van der Waals surface area (Å²) < 4.78 is 62.0. The fourth-order valence-electron chi connectivity index (χ4n) is 11.4. The van der Waals surface area contributed by atoms with Crippen LogP contribution in [0.4, 0.5) is 8.78 Å². The van der Waals surface area contributed by atoms with E-state index < -0.39 is 23.2 Å².